The second-order valence-corrected chi connectivity index (χ2v) is 4.48. The van der Waals surface area contributed by atoms with Gasteiger partial charge in [0.25, 0.3) is 0 Å². The lowest BCUT2D eigenvalue weighted by molar-refractivity contribution is 0.0526. The molecule has 0 aliphatic carbocycles. The monoisotopic (exact) mass is 301 g/mol. The van der Waals surface area contributed by atoms with Crippen molar-refractivity contribution in [1.82, 2.24) is 0 Å². The number of nitrogens with zero attached hydrogens (tertiary/aromatic N) is 1. The number of carbonyl (C=O) groups is 1. The highest BCUT2D eigenvalue weighted by molar-refractivity contribution is 6.31. The number of benzene rings is 2. The summed E-state index contributed by atoms with van der Waals surface area (Å²) in [5.74, 6) is 0.486. The normalized spacial score (nSPS) is 9.76. The molecule has 0 fully saturated rings. The molecule has 0 N–H and O–H groups in total. The smallest absolute Gasteiger partial charge is 0.338 e. The van der Waals surface area contributed by atoms with E-state index >= 15 is 0 Å². The standard InChI is InChI=1S/C16H12ClNO3/c1-2-20-16(19)11-6-8-12(9-7-11)21-15-5-3-4-14(17)13(15)10-18/h3-9H,2H2,1H3. The van der Waals surface area contributed by atoms with Crippen LogP contribution in [0.1, 0.15) is 22.8 Å². The molecule has 0 saturated carbocycles. The molecule has 0 radical (unpaired) electrons. The summed E-state index contributed by atoms with van der Waals surface area (Å²) in [5, 5.41) is 9.41. The van der Waals surface area contributed by atoms with Crippen molar-refractivity contribution in [3.63, 3.8) is 0 Å². The highest BCUT2D eigenvalue weighted by atomic mass is 35.5. The van der Waals surface area contributed by atoms with Gasteiger partial charge >= 0.3 is 5.97 Å². The number of hydrogen-bond donors (Lipinski definition) is 0. The molecule has 2 aromatic rings. The van der Waals surface area contributed by atoms with Crippen LogP contribution in [0.3, 0.4) is 0 Å². The number of ether oxygens (including phenoxy) is 2. The third-order valence-corrected chi connectivity index (χ3v) is 3.00. The third-order valence-electron chi connectivity index (χ3n) is 2.68. The molecule has 0 atom stereocenters. The molecule has 2 rings (SSSR count). The lowest BCUT2D eigenvalue weighted by atomic mass is 10.2. The summed E-state index contributed by atoms with van der Waals surface area (Å²) in [6.07, 6.45) is 0. The number of nitriles is 1. The third kappa shape index (κ3) is 3.53. The van der Waals surface area contributed by atoms with Crippen LogP contribution in [0.4, 0.5) is 0 Å². The van der Waals surface area contributed by atoms with E-state index in [-0.39, 0.29) is 11.5 Å². The molecule has 21 heavy (non-hydrogen) atoms. The molecule has 0 aromatic heterocycles. The van der Waals surface area contributed by atoms with Crippen molar-refractivity contribution in [2.75, 3.05) is 6.61 Å². The van der Waals surface area contributed by atoms with Crippen LogP contribution in [0.2, 0.25) is 5.02 Å². The first-order valence-electron chi connectivity index (χ1n) is 6.29. The van der Waals surface area contributed by atoms with Gasteiger partial charge in [0, 0.05) is 0 Å². The van der Waals surface area contributed by atoms with Crippen LogP contribution < -0.4 is 4.74 Å². The average Bonchev–Trinajstić information content (AvgIpc) is 2.48. The Morgan fingerprint density at radius 3 is 2.57 bits per heavy atom. The first-order valence-corrected chi connectivity index (χ1v) is 6.67. The highest BCUT2D eigenvalue weighted by Gasteiger charge is 2.10. The first kappa shape index (κ1) is 14.9. The molecule has 0 amide bonds. The van der Waals surface area contributed by atoms with Crippen LogP contribution in [0, 0.1) is 11.3 Å². The van der Waals surface area contributed by atoms with Gasteiger partial charge in [-0.1, -0.05) is 17.7 Å². The lowest BCUT2D eigenvalue weighted by Gasteiger charge is -2.08. The average molecular weight is 302 g/mol. The molecule has 2 aromatic carbocycles. The Balaban J connectivity index is 2.20. The van der Waals surface area contributed by atoms with Crippen LogP contribution in [-0.4, -0.2) is 12.6 Å². The minimum Gasteiger partial charge on any atom is -0.462 e. The number of carbonyl (C=O) groups excluding carboxylic acids is 1. The van der Waals surface area contributed by atoms with Gasteiger partial charge in [0.05, 0.1) is 17.2 Å². The van der Waals surface area contributed by atoms with Gasteiger partial charge in [-0.15, -0.1) is 0 Å². The predicted octanol–water partition coefficient (Wildman–Crippen LogP) is 4.18. The van der Waals surface area contributed by atoms with Crippen molar-refractivity contribution in [3.8, 4) is 17.6 Å². The lowest BCUT2D eigenvalue weighted by Crippen LogP contribution is -2.04. The van der Waals surface area contributed by atoms with E-state index in [0.29, 0.717) is 28.7 Å². The fourth-order valence-electron chi connectivity index (χ4n) is 1.70. The van der Waals surface area contributed by atoms with Crippen molar-refractivity contribution in [3.05, 3.63) is 58.6 Å². The summed E-state index contributed by atoms with van der Waals surface area (Å²) in [6, 6.07) is 13.4. The quantitative estimate of drug-likeness (QED) is 0.795. The van der Waals surface area contributed by atoms with E-state index in [4.69, 9.17) is 26.3 Å². The SMILES string of the molecule is CCOC(=O)c1ccc(Oc2cccc(Cl)c2C#N)cc1. The molecule has 0 saturated heterocycles. The molecule has 5 heteroatoms. The molecule has 0 spiro atoms. The van der Waals surface area contributed by atoms with Gasteiger partial charge < -0.3 is 9.47 Å². The zero-order valence-corrected chi connectivity index (χ0v) is 12.1. The predicted molar refractivity (Wildman–Crippen MR) is 78.6 cm³/mol. The number of rotatable bonds is 4. The second kappa shape index (κ2) is 6.78. The van der Waals surface area contributed by atoms with Gasteiger partial charge in [-0.3, -0.25) is 0 Å². The van der Waals surface area contributed by atoms with Crippen molar-refractivity contribution in [2.45, 2.75) is 6.92 Å². The molecule has 106 valence electrons. The van der Waals surface area contributed by atoms with Gasteiger partial charge in [-0.25, -0.2) is 4.79 Å². The fourth-order valence-corrected chi connectivity index (χ4v) is 1.91. The van der Waals surface area contributed by atoms with E-state index in [1.165, 1.54) is 0 Å². The summed E-state index contributed by atoms with van der Waals surface area (Å²) in [5.41, 5.74) is 0.712. The first-order chi connectivity index (χ1) is 10.2. The summed E-state index contributed by atoms with van der Waals surface area (Å²) < 4.78 is 10.5. The van der Waals surface area contributed by atoms with Gasteiger partial charge in [-0.2, -0.15) is 5.26 Å². The summed E-state index contributed by atoms with van der Waals surface area (Å²) in [6.45, 7) is 2.07. The maximum Gasteiger partial charge on any atom is 0.338 e. The van der Waals surface area contributed by atoms with E-state index in [1.54, 1.807) is 49.4 Å². The van der Waals surface area contributed by atoms with E-state index in [9.17, 15) is 4.79 Å². The largest absolute Gasteiger partial charge is 0.462 e. The Morgan fingerprint density at radius 1 is 1.24 bits per heavy atom. The Morgan fingerprint density at radius 2 is 1.95 bits per heavy atom. The van der Waals surface area contributed by atoms with E-state index in [1.807, 2.05) is 6.07 Å². The minimum atomic E-state index is -0.385. The zero-order chi connectivity index (χ0) is 15.2. The molecular formula is C16H12ClNO3. The Labute approximate surface area is 127 Å². The molecule has 0 bridgehead atoms. The van der Waals surface area contributed by atoms with Gasteiger partial charge in [0.2, 0.25) is 0 Å². The van der Waals surface area contributed by atoms with Crippen LogP contribution in [0.15, 0.2) is 42.5 Å². The van der Waals surface area contributed by atoms with E-state index < -0.39 is 0 Å². The molecular weight excluding hydrogens is 290 g/mol. The maximum atomic E-state index is 11.5. The van der Waals surface area contributed by atoms with Crippen LogP contribution in [0.25, 0.3) is 0 Å². The van der Waals surface area contributed by atoms with Crippen LogP contribution in [-0.2, 0) is 4.74 Å². The summed E-state index contributed by atoms with van der Waals surface area (Å²) >= 11 is 5.93. The van der Waals surface area contributed by atoms with Crippen molar-refractivity contribution >= 4 is 17.6 Å². The number of halogens is 1. The van der Waals surface area contributed by atoms with Gasteiger partial charge in [0.1, 0.15) is 23.1 Å². The van der Waals surface area contributed by atoms with Crippen LogP contribution in [0.5, 0.6) is 11.5 Å². The van der Waals surface area contributed by atoms with Crippen molar-refractivity contribution in [2.24, 2.45) is 0 Å². The Kier molecular flexibility index (Phi) is 4.81. The Bertz CT molecular complexity index is 690. The van der Waals surface area contributed by atoms with Crippen molar-refractivity contribution < 1.29 is 14.3 Å². The number of esters is 1. The zero-order valence-electron chi connectivity index (χ0n) is 11.3. The molecule has 0 aliphatic rings. The van der Waals surface area contributed by atoms with E-state index in [2.05, 4.69) is 0 Å². The van der Waals surface area contributed by atoms with Crippen LogP contribution >= 0.6 is 11.6 Å². The second-order valence-electron chi connectivity index (χ2n) is 4.07. The maximum absolute atomic E-state index is 11.5. The molecule has 0 heterocycles. The molecule has 0 unspecified atom stereocenters. The topological polar surface area (TPSA) is 59.3 Å². The fraction of sp³-hybridized carbons (Fsp3) is 0.125. The summed E-state index contributed by atoms with van der Waals surface area (Å²) in [4.78, 5) is 11.5. The van der Waals surface area contributed by atoms with Crippen molar-refractivity contribution in [1.29, 1.82) is 5.26 Å². The molecule has 4 nitrogen and oxygen atoms in total. The van der Waals surface area contributed by atoms with E-state index in [0.717, 1.165) is 0 Å². The Hall–Kier alpha value is -2.51. The van der Waals surface area contributed by atoms with Gasteiger partial charge in [0.15, 0.2) is 0 Å². The molecule has 0 aliphatic heterocycles. The highest BCUT2D eigenvalue weighted by Crippen LogP contribution is 2.29. The summed E-state index contributed by atoms with van der Waals surface area (Å²) in [7, 11) is 0. The number of hydrogen-bond acceptors (Lipinski definition) is 4. The minimum absolute atomic E-state index is 0.272. The van der Waals surface area contributed by atoms with Gasteiger partial charge in [-0.05, 0) is 43.3 Å².